The largest absolute Gasteiger partial charge is 0.492 e. The van der Waals surface area contributed by atoms with E-state index in [2.05, 4.69) is 26.0 Å². The number of alkyl halides is 3. The number of hydroxylamine groups is 1. The number of carbonyl (C=O) groups excluding carboxylic acids is 1. The van der Waals surface area contributed by atoms with E-state index in [1.165, 1.54) is 35.3 Å². The number of nitriles is 1. The molecule has 3 aliphatic rings. The van der Waals surface area contributed by atoms with Crippen LogP contribution in [0.5, 0.6) is 0 Å². The van der Waals surface area contributed by atoms with Gasteiger partial charge in [-0.25, -0.2) is 27.9 Å². The zero-order valence-electron chi connectivity index (χ0n) is 19.8. The van der Waals surface area contributed by atoms with Gasteiger partial charge in [0.15, 0.2) is 11.6 Å². The van der Waals surface area contributed by atoms with Crippen molar-refractivity contribution in [3.63, 3.8) is 0 Å². The van der Waals surface area contributed by atoms with E-state index < -0.39 is 38.0 Å². The van der Waals surface area contributed by atoms with Crippen molar-refractivity contribution in [3.05, 3.63) is 48.4 Å². The van der Waals surface area contributed by atoms with Crippen molar-refractivity contribution >= 4 is 21.8 Å². The Kier molecular flexibility index (Phi) is 5.73. The molecule has 198 valence electrons. The quantitative estimate of drug-likeness (QED) is 0.458. The Morgan fingerprint density at radius 3 is 2.63 bits per heavy atom. The molecule has 15 heteroatoms. The van der Waals surface area contributed by atoms with E-state index in [0.717, 1.165) is 0 Å². The van der Waals surface area contributed by atoms with Crippen LogP contribution in [0, 0.1) is 23.7 Å². The number of hydrogen-bond donors (Lipinski definition) is 1. The smallest absolute Gasteiger partial charge is 0.381 e. The van der Waals surface area contributed by atoms with Gasteiger partial charge in [0.05, 0.1) is 33.8 Å². The molecule has 0 saturated heterocycles. The van der Waals surface area contributed by atoms with Gasteiger partial charge in [0.2, 0.25) is 0 Å². The summed E-state index contributed by atoms with van der Waals surface area (Å²) in [6.07, 6.45) is -0.758. The van der Waals surface area contributed by atoms with Crippen LogP contribution in [-0.4, -0.2) is 50.3 Å². The number of carbonyl (C=O) groups is 1. The third kappa shape index (κ3) is 4.05. The van der Waals surface area contributed by atoms with E-state index in [-0.39, 0.29) is 47.5 Å². The molecule has 1 aromatic carbocycles. The molecule has 3 aliphatic carbocycles. The highest BCUT2D eigenvalue weighted by Crippen LogP contribution is 2.64. The molecule has 3 saturated carbocycles. The van der Waals surface area contributed by atoms with Gasteiger partial charge in [-0.3, -0.25) is 0 Å². The van der Waals surface area contributed by atoms with E-state index in [1.54, 1.807) is 19.2 Å². The first-order valence-electron chi connectivity index (χ1n) is 11.3. The summed E-state index contributed by atoms with van der Waals surface area (Å²) in [4.78, 5) is 24.4. The molecule has 2 N–H and O–H groups in total. The van der Waals surface area contributed by atoms with E-state index in [4.69, 9.17) is 5.73 Å². The minimum atomic E-state index is -5.43. The van der Waals surface area contributed by atoms with E-state index in [9.17, 15) is 31.6 Å². The van der Waals surface area contributed by atoms with E-state index in [0.29, 0.717) is 11.1 Å². The van der Waals surface area contributed by atoms with Gasteiger partial charge in [0.1, 0.15) is 0 Å². The average molecular weight is 548 g/mol. The lowest BCUT2D eigenvalue weighted by Crippen LogP contribution is -2.58. The number of hydrogen-bond acceptors (Lipinski definition) is 9. The van der Waals surface area contributed by atoms with Gasteiger partial charge < -0.3 is 10.6 Å². The van der Waals surface area contributed by atoms with Gasteiger partial charge in [-0.2, -0.15) is 23.5 Å². The summed E-state index contributed by atoms with van der Waals surface area (Å²) < 4.78 is 68.3. The molecular weight excluding hydrogens is 527 g/mol. The lowest BCUT2D eigenvalue weighted by molar-refractivity contribution is -0.241. The molecule has 0 unspecified atom stereocenters. The molecule has 2 aromatic heterocycles. The fraction of sp³-hybridized carbons (Fsp3) is 0.348. The Morgan fingerprint density at radius 2 is 2.03 bits per heavy atom. The maximum absolute atomic E-state index is 13.7. The van der Waals surface area contributed by atoms with Gasteiger partial charge in [-0.1, -0.05) is 6.07 Å². The monoisotopic (exact) mass is 547 g/mol. The van der Waals surface area contributed by atoms with Crippen molar-refractivity contribution in [1.82, 2.24) is 24.2 Å². The first-order chi connectivity index (χ1) is 17.8. The van der Waals surface area contributed by atoms with Crippen molar-refractivity contribution < 1.29 is 31.2 Å². The van der Waals surface area contributed by atoms with Crippen LogP contribution in [0.25, 0.3) is 17.1 Å². The van der Waals surface area contributed by atoms with Crippen molar-refractivity contribution in [3.8, 4) is 23.1 Å². The van der Waals surface area contributed by atoms with E-state index in [1.807, 2.05) is 0 Å². The number of fused-ring (bicyclic) bond motifs is 1. The molecule has 0 spiro atoms. The molecule has 38 heavy (non-hydrogen) atoms. The minimum Gasteiger partial charge on any atom is -0.381 e. The summed E-state index contributed by atoms with van der Waals surface area (Å²) in [7, 11) is -4.81. The Balaban J connectivity index is 1.58. The Morgan fingerprint density at radius 1 is 1.29 bits per heavy atom. The topological polar surface area (TPSA) is 157 Å². The zero-order chi connectivity index (χ0) is 27.5. The molecule has 11 nitrogen and oxygen atoms in total. The van der Waals surface area contributed by atoms with Crippen LogP contribution in [0.4, 0.5) is 19.0 Å². The standard InChI is InChI=1S/C23H20F3N7O4S/c1-14-3-4-15(9-16(14)17-10-29-18(28)19(31-17)32-8-2-7-30-32)38(35,36)33(37-20(34)23(24,25)26)22-6-5-21(11-22,12-22)13-27/h2-4,7-10H,5-6,11-12H2,1H3,(H2,28,29). The average Bonchev–Trinajstić information content (AvgIpc) is 3.58. The number of anilines is 1. The van der Waals surface area contributed by atoms with Gasteiger partial charge in [0.25, 0.3) is 10.0 Å². The second-order valence-electron chi connectivity index (χ2n) is 9.47. The fourth-order valence-electron chi connectivity index (χ4n) is 5.13. The molecule has 0 atom stereocenters. The van der Waals surface area contributed by atoms with Crippen molar-refractivity contribution in [2.45, 2.75) is 49.2 Å². The summed E-state index contributed by atoms with van der Waals surface area (Å²) in [5.74, 6) is -2.42. The first kappa shape index (κ1) is 25.6. The SMILES string of the molecule is Cc1ccc(S(=O)(=O)N(OC(=O)C(F)(F)F)C23CCC(C#N)(C2)C3)cc1-c1cnc(N)c(-n2cccn2)n1. The molecule has 2 bridgehead atoms. The van der Waals surface area contributed by atoms with Crippen molar-refractivity contribution in [2.24, 2.45) is 5.41 Å². The van der Waals surface area contributed by atoms with Gasteiger partial charge in [-0.05, 0) is 60.8 Å². The summed E-state index contributed by atoms with van der Waals surface area (Å²) in [6, 6.07) is 7.61. The molecule has 0 aliphatic heterocycles. The van der Waals surface area contributed by atoms with Gasteiger partial charge in [0, 0.05) is 18.0 Å². The van der Waals surface area contributed by atoms with Crippen LogP contribution in [-0.2, 0) is 19.7 Å². The third-order valence-corrected chi connectivity index (χ3v) is 8.68. The van der Waals surface area contributed by atoms with E-state index >= 15 is 0 Å². The Labute approximate surface area is 214 Å². The Bertz CT molecular complexity index is 1580. The summed E-state index contributed by atoms with van der Waals surface area (Å²) >= 11 is 0. The summed E-state index contributed by atoms with van der Waals surface area (Å²) in [5, 5.41) is 13.5. The number of rotatable bonds is 6. The second-order valence-corrected chi connectivity index (χ2v) is 11.2. The maximum atomic E-state index is 13.7. The molecule has 3 aromatic rings. The van der Waals surface area contributed by atoms with Crippen LogP contribution < -0.4 is 5.73 Å². The highest BCUT2D eigenvalue weighted by Gasteiger charge is 2.68. The summed E-state index contributed by atoms with van der Waals surface area (Å²) in [5.41, 5.74) is 4.73. The van der Waals surface area contributed by atoms with Crippen LogP contribution >= 0.6 is 0 Å². The van der Waals surface area contributed by atoms with Crippen LogP contribution in [0.1, 0.15) is 31.2 Å². The number of halogens is 3. The number of benzene rings is 1. The molecule has 0 radical (unpaired) electrons. The van der Waals surface area contributed by atoms with Crippen LogP contribution in [0.15, 0.2) is 47.8 Å². The minimum absolute atomic E-state index is 0.0454. The maximum Gasteiger partial charge on any atom is 0.492 e. The van der Waals surface area contributed by atoms with Crippen LogP contribution in [0.2, 0.25) is 0 Å². The van der Waals surface area contributed by atoms with Crippen LogP contribution in [0.3, 0.4) is 0 Å². The lowest BCUT2D eigenvalue weighted by Gasteiger charge is -2.47. The second kappa shape index (κ2) is 8.50. The number of sulfonamides is 1. The lowest BCUT2D eigenvalue weighted by atomic mass is 9.66. The number of nitrogens with zero attached hydrogens (tertiary/aromatic N) is 6. The Hall–Kier alpha value is -4.03. The number of aryl methyl sites for hydroxylation is 1. The predicted octanol–water partition coefficient (Wildman–Crippen LogP) is 3.07. The predicted molar refractivity (Wildman–Crippen MR) is 124 cm³/mol. The van der Waals surface area contributed by atoms with Crippen molar-refractivity contribution in [1.29, 1.82) is 5.26 Å². The first-order valence-corrected chi connectivity index (χ1v) is 12.7. The molecule has 0 amide bonds. The fourth-order valence-corrected chi connectivity index (χ4v) is 6.73. The third-order valence-electron chi connectivity index (χ3n) is 6.93. The number of nitrogens with two attached hydrogens (primary N) is 1. The van der Waals surface area contributed by atoms with Crippen molar-refractivity contribution in [2.75, 3.05) is 5.73 Å². The number of nitrogen functional groups attached to an aromatic ring is 1. The van der Waals surface area contributed by atoms with Gasteiger partial charge in [-0.15, -0.1) is 0 Å². The number of aromatic nitrogens is 4. The molecule has 6 rings (SSSR count). The molecule has 2 heterocycles. The zero-order valence-corrected chi connectivity index (χ0v) is 20.6. The molecular formula is C23H20F3N7O4S. The highest BCUT2D eigenvalue weighted by atomic mass is 32.2. The summed E-state index contributed by atoms with van der Waals surface area (Å²) in [6.45, 7) is 1.68. The highest BCUT2D eigenvalue weighted by molar-refractivity contribution is 7.89. The molecule has 3 fully saturated rings. The normalized spacial score (nSPS) is 22.6. The van der Waals surface area contributed by atoms with Gasteiger partial charge >= 0.3 is 12.1 Å².